The van der Waals surface area contributed by atoms with Gasteiger partial charge in [0.05, 0.1) is 29.5 Å². The van der Waals surface area contributed by atoms with E-state index < -0.39 is 23.9 Å². The summed E-state index contributed by atoms with van der Waals surface area (Å²) in [6, 6.07) is 3.55. The van der Waals surface area contributed by atoms with E-state index in [1.54, 1.807) is 38.4 Å². The Morgan fingerprint density at radius 1 is 1.09 bits per heavy atom. The number of hydrogen-bond donors (Lipinski definition) is 3. The molecular formula is C36H53NO6. The number of aliphatic hydroxyl groups is 3. The molecule has 0 amide bonds. The number of nitrogens with zero attached hydrogens (tertiary/aromatic N) is 1. The zero-order valence-electron chi connectivity index (χ0n) is 27.2. The van der Waals surface area contributed by atoms with E-state index in [0.717, 1.165) is 32.1 Å². The van der Waals surface area contributed by atoms with Crippen molar-refractivity contribution < 1.29 is 29.6 Å². The lowest BCUT2D eigenvalue weighted by Crippen LogP contribution is -2.60. The molecule has 0 aromatic carbocycles. The van der Waals surface area contributed by atoms with Crippen molar-refractivity contribution >= 4 is 5.97 Å². The number of aromatic nitrogens is 1. The second-order valence-electron chi connectivity index (χ2n) is 17.3. The van der Waals surface area contributed by atoms with Gasteiger partial charge in [0.25, 0.3) is 0 Å². The molecule has 6 fully saturated rings. The minimum atomic E-state index is -1.26. The van der Waals surface area contributed by atoms with Crippen molar-refractivity contribution in [1.82, 2.24) is 4.98 Å². The fraction of sp³-hybridized carbons (Fsp3) is 0.833. The standard InChI is InChI=1S/C36H53NO6/c1-20-17-22(28(38)32(4,5)41)42-27-26(20)33(6)14-15-36-19-35(36)13-12-25(43-30(40)21-9-8-16-37-18-21)31(2,3)23(35)10-11-24(36)34(33,7)29(27)39/h8-9,16,18,20,22-29,38-39,41H,10-15,17,19H2,1-7H3/t20-,22?,23+,24?,25?,26+,27?,28?,29+,33?,34-,35?,36?/m1/s1. The smallest absolute Gasteiger partial charge is 0.339 e. The predicted octanol–water partition coefficient (Wildman–Crippen LogP) is 5.55. The summed E-state index contributed by atoms with van der Waals surface area (Å²) in [5.41, 5.74) is -0.778. The van der Waals surface area contributed by atoms with E-state index >= 15 is 0 Å². The summed E-state index contributed by atoms with van der Waals surface area (Å²) in [5.74, 6) is 1.12. The summed E-state index contributed by atoms with van der Waals surface area (Å²) in [5, 5.41) is 33.9. The van der Waals surface area contributed by atoms with Crippen molar-refractivity contribution in [2.75, 3.05) is 0 Å². The lowest BCUT2D eigenvalue weighted by Gasteiger charge is -2.63. The second-order valence-corrected chi connectivity index (χ2v) is 17.3. The molecular weight excluding hydrogens is 542 g/mol. The minimum absolute atomic E-state index is 0.0559. The van der Waals surface area contributed by atoms with Crippen LogP contribution in [0, 0.1) is 50.7 Å². The number of ether oxygens (including phenoxy) is 2. The largest absolute Gasteiger partial charge is 0.458 e. The van der Waals surface area contributed by atoms with Gasteiger partial charge in [-0.2, -0.15) is 0 Å². The SMILES string of the molecule is C[C@@H]1CC(C(O)C(C)(C)O)OC2[C@H]1C1(C)CCC34CC35CCC(OC(=O)c3cccnc3)C(C)(C)[C@@H]5CCC4[C@]1(C)[C@H]2O. The van der Waals surface area contributed by atoms with E-state index in [-0.39, 0.29) is 57.1 Å². The predicted molar refractivity (Wildman–Crippen MR) is 162 cm³/mol. The molecule has 6 aliphatic rings. The molecule has 1 aliphatic heterocycles. The Kier molecular flexibility index (Phi) is 6.49. The Morgan fingerprint density at radius 3 is 2.47 bits per heavy atom. The van der Waals surface area contributed by atoms with Gasteiger partial charge in [0.15, 0.2) is 0 Å². The summed E-state index contributed by atoms with van der Waals surface area (Å²) < 4.78 is 12.9. The van der Waals surface area contributed by atoms with Crippen LogP contribution in [0.4, 0.5) is 0 Å². The number of carbonyl (C=O) groups excluding carboxylic acids is 1. The number of rotatable bonds is 4. The van der Waals surface area contributed by atoms with Crippen molar-refractivity contribution in [3.8, 4) is 0 Å². The van der Waals surface area contributed by atoms with Gasteiger partial charge in [0, 0.05) is 23.2 Å². The fourth-order valence-corrected chi connectivity index (χ4v) is 12.9. The quantitative estimate of drug-likeness (QED) is 0.392. The number of aliphatic hydroxyl groups excluding tert-OH is 2. The van der Waals surface area contributed by atoms with Crippen LogP contribution in [-0.2, 0) is 9.47 Å². The van der Waals surface area contributed by atoms with Crippen LogP contribution in [0.2, 0.25) is 0 Å². The van der Waals surface area contributed by atoms with Gasteiger partial charge in [-0.1, -0.05) is 34.6 Å². The third kappa shape index (κ3) is 3.74. The lowest BCUT2D eigenvalue weighted by atomic mass is 9.41. The molecule has 0 bridgehead atoms. The van der Waals surface area contributed by atoms with E-state index in [1.807, 2.05) is 0 Å². The fourth-order valence-electron chi connectivity index (χ4n) is 12.9. The topological polar surface area (TPSA) is 109 Å². The first-order valence-corrected chi connectivity index (χ1v) is 16.9. The maximum Gasteiger partial charge on any atom is 0.339 e. The molecule has 2 spiro atoms. The van der Waals surface area contributed by atoms with Gasteiger partial charge >= 0.3 is 5.97 Å². The van der Waals surface area contributed by atoms with Gasteiger partial charge in [0.2, 0.25) is 0 Å². The summed E-state index contributed by atoms with van der Waals surface area (Å²) in [4.78, 5) is 17.2. The lowest BCUT2D eigenvalue weighted by molar-refractivity contribution is -0.202. The number of carbonyl (C=O) groups is 1. The zero-order chi connectivity index (χ0) is 31.0. The first kappa shape index (κ1) is 30.1. The normalized spacial score (nSPS) is 50.3. The van der Waals surface area contributed by atoms with E-state index in [1.165, 1.54) is 12.8 Å². The molecule has 7 nitrogen and oxygen atoms in total. The van der Waals surface area contributed by atoms with Gasteiger partial charge in [-0.25, -0.2) is 4.79 Å². The highest BCUT2D eigenvalue weighted by Gasteiger charge is 2.84. The monoisotopic (exact) mass is 595 g/mol. The summed E-state index contributed by atoms with van der Waals surface area (Å²) in [6.45, 7) is 15.0. The molecule has 1 aromatic heterocycles. The highest BCUT2D eigenvalue weighted by atomic mass is 16.5. The van der Waals surface area contributed by atoms with Crippen molar-refractivity contribution in [1.29, 1.82) is 0 Å². The number of esters is 1. The molecule has 7 heteroatoms. The molecule has 13 atom stereocenters. The number of pyridine rings is 1. The third-order valence-electron chi connectivity index (χ3n) is 15.0. The van der Waals surface area contributed by atoms with E-state index in [4.69, 9.17) is 9.47 Å². The highest BCUT2D eigenvalue weighted by Crippen LogP contribution is 2.89. The van der Waals surface area contributed by atoms with Crippen molar-refractivity contribution in [2.45, 2.75) is 136 Å². The van der Waals surface area contributed by atoms with E-state index in [0.29, 0.717) is 23.8 Å². The van der Waals surface area contributed by atoms with Crippen LogP contribution >= 0.6 is 0 Å². The van der Waals surface area contributed by atoms with Crippen molar-refractivity contribution in [2.24, 2.45) is 50.7 Å². The summed E-state index contributed by atoms with van der Waals surface area (Å²) in [7, 11) is 0. The van der Waals surface area contributed by atoms with Gasteiger partial charge in [-0.3, -0.25) is 4.98 Å². The zero-order valence-corrected chi connectivity index (χ0v) is 27.2. The van der Waals surface area contributed by atoms with Gasteiger partial charge in [-0.05, 0) is 117 Å². The van der Waals surface area contributed by atoms with Gasteiger partial charge in [-0.15, -0.1) is 0 Å². The van der Waals surface area contributed by atoms with Gasteiger partial charge < -0.3 is 24.8 Å². The number of hydrogen-bond acceptors (Lipinski definition) is 7. The van der Waals surface area contributed by atoms with Crippen LogP contribution in [0.15, 0.2) is 24.5 Å². The van der Waals surface area contributed by atoms with Crippen LogP contribution in [0.1, 0.15) is 110 Å². The molecule has 7 rings (SSSR count). The van der Waals surface area contributed by atoms with E-state index in [2.05, 4.69) is 39.6 Å². The van der Waals surface area contributed by atoms with Gasteiger partial charge in [0.1, 0.15) is 12.2 Å². The molecule has 3 N–H and O–H groups in total. The van der Waals surface area contributed by atoms with Crippen LogP contribution in [-0.4, -0.2) is 62.4 Å². The molecule has 0 radical (unpaired) electrons. The number of fused-ring (bicyclic) bond motifs is 4. The molecule has 238 valence electrons. The Balaban J connectivity index is 1.16. The van der Waals surface area contributed by atoms with Crippen molar-refractivity contribution in [3.05, 3.63) is 30.1 Å². The average molecular weight is 596 g/mol. The average Bonchev–Trinajstić information content (AvgIpc) is 3.58. The molecule has 5 saturated carbocycles. The molecule has 8 unspecified atom stereocenters. The Labute approximate surface area is 257 Å². The Morgan fingerprint density at radius 2 is 1.79 bits per heavy atom. The van der Waals surface area contributed by atoms with Crippen LogP contribution in [0.3, 0.4) is 0 Å². The molecule has 1 aromatic rings. The maximum absolute atomic E-state index is 13.1. The third-order valence-corrected chi connectivity index (χ3v) is 15.0. The van der Waals surface area contributed by atoms with E-state index in [9.17, 15) is 20.1 Å². The first-order chi connectivity index (χ1) is 20.0. The van der Waals surface area contributed by atoms with Crippen molar-refractivity contribution in [3.63, 3.8) is 0 Å². The minimum Gasteiger partial charge on any atom is -0.458 e. The van der Waals surface area contributed by atoms with Crippen LogP contribution < -0.4 is 0 Å². The summed E-state index contributed by atoms with van der Waals surface area (Å²) >= 11 is 0. The second kappa shape index (κ2) is 9.27. The van der Waals surface area contributed by atoms with Crippen LogP contribution in [0.5, 0.6) is 0 Å². The summed E-state index contributed by atoms with van der Waals surface area (Å²) in [6.07, 6.45) is 9.01. The maximum atomic E-state index is 13.1. The molecule has 43 heavy (non-hydrogen) atoms. The molecule has 5 aliphatic carbocycles. The molecule has 1 saturated heterocycles. The Bertz CT molecular complexity index is 1280. The highest BCUT2D eigenvalue weighted by molar-refractivity contribution is 5.89. The van der Waals surface area contributed by atoms with Crippen LogP contribution in [0.25, 0.3) is 0 Å². The molecule has 2 heterocycles. The first-order valence-electron chi connectivity index (χ1n) is 16.9. The Hall–Kier alpha value is -1.54.